The lowest BCUT2D eigenvalue weighted by molar-refractivity contribution is 0.454. The maximum absolute atomic E-state index is 6.22. The number of ether oxygens (including phenoxy) is 1. The molecular weight excluding hydrogens is 551 g/mol. The minimum atomic E-state index is 0.911. The van der Waals surface area contributed by atoms with Gasteiger partial charge in [0, 0.05) is 15.2 Å². The van der Waals surface area contributed by atoms with Gasteiger partial charge >= 0.3 is 0 Å². The number of hydrogen-bond donors (Lipinski definition) is 0. The fourth-order valence-corrected chi connectivity index (χ4v) is 8.10. The highest BCUT2D eigenvalue weighted by Gasteiger charge is 2.27. The molecule has 0 spiro atoms. The van der Waals surface area contributed by atoms with E-state index in [1.165, 1.54) is 59.5 Å². The Balaban J connectivity index is 1.22. The summed E-state index contributed by atoms with van der Waals surface area (Å²) >= 11 is 3.63. The highest BCUT2D eigenvalue weighted by atomic mass is 32.2. The van der Waals surface area contributed by atoms with E-state index in [0.717, 1.165) is 21.3 Å². The minimum Gasteiger partial charge on any atom is -0.455 e. The van der Waals surface area contributed by atoms with Crippen LogP contribution in [-0.4, -0.2) is 0 Å². The summed E-state index contributed by atoms with van der Waals surface area (Å²) in [5.74, 6) is 1.83. The fraction of sp³-hybridized carbons (Fsp3) is 0. The Kier molecular flexibility index (Phi) is 5.40. The standard InChI is InChI=1S/C38H23NOS2/c1-2-10-26-22-37-32(20-25(26)9-1)39(30-13-7-11-24-8-3-4-12-29(24)30)31-21-27(17-19-35(31)41-37)28-16-18-34-38(23-28)42-36-15-6-5-14-33(36)40-34/h1-23H. The van der Waals surface area contributed by atoms with Crippen molar-refractivity contribution in [3.05, 3.63) is 140 Å². The molecule has 0 unspecified atom stereocenters. The Hall–Kier alpha value is -4.64. The summed E-state index contributed by atoms with van der Waals surface area (Å²) in [7, 11) is 0. The normalized spacial score (nSPS) is 13.2. The molecule has 2 nitrogen and oxygen atoms in total. The molecule has 4 heteroatoms. The number of para-hydroxylation sites is 1. The topological polar surface area (TPSA) is 12.5 Å². The molecule has 2 heterocycles. The molecule has 0 radical (unpaired) electrons. The largest absolute Gasteiger partial charge is 0.455 e. The van der Waals surface area contributed by atoms with E-state index in [1.807, 2.05) is 23.9 Å². The van der Waals surface area contributed by atoms with Crippen molar-refractivity contribution in [3.8, 4) is 22.6 Å². The van der Waals surface area contributed by atoms with Gasteiger partial charge in [0.2, 0.25) is 0 Å². The molecular formula is C38H23NOS2. The van der Waals surface area contributed by atoms with Gasteiger partial charge in [-0.2, -0.15) is 0 Å². The second kappa shape index (κ2) is 9.45. The molecule has 0 saturated carbocycles. The predicted octanol–water partition coefficient (Wildman–Crippen LogP) is 11.9. The quantitative estimate of drug-likeness (QED) is 0.204. The van der Waals surface area contributed by atoms with Crippen LogP contribution in [0.25, 0.3) is 32.7 Å². The van der Waals surface area contributed by atoms with E-state index in [-0.39, 0.29) is 0 Å². The smallest absolute Gasteiger partial charge is 0.141 e. The molecule has 42 heavy (non-hydrogen) atoms. The molecule has 7 aromatic carbocycles. The third-order valence-corrected chi connectivity index (χ3v) is 10.3. The van der Waals surface area contributed by atoms with Gasteiger partial charge in [0.1, 0.15) is 11.5 Å². The Bertz CT molecular complexity index is 2200. The summed E-state index contributed by atoms with van der Waals surface area (Å²) < 4.78 is 6.22. The monoisotopic (exact) mass is 573 g/mol. The molecule has 0 N–H and O–H groups in total. The lowest BCUT2D eigenvalue weighted by atomic mass is 10.0. The van der Waals surface area contributed by atoms with Crippen LogP contribution in [-0.2, 0) is 0 Å². The maximum atomic E-state index is 6.22. The number of nitrogens with zero attached hydrogens (tertiary/aromatic N) is 1. The summed E-state index contributed by atoms with van der Waals surface area (Å²) in [5.41, 5.74) is 5.97. The first kappa shape index (κ1) is 24.0. The van der Waals surface area contributed by atoms with Crippen LogP contribution in [0.2, 0.25) is 0 Å². The first-order valence-corrected chi connectivity index (χ1v) is 15.6. The van der Waals surface area contributed by atoms with Crippen molar-refractivity contribution in [2.45, 2.75) is 19.6 Å². The van der Waals surface area contributed by atoms with Crippen LogP contribution in [0.15, 0.2) is 159 Å². The Morgan fingerprint density at radius 2 is 1.07 bits per heavy atom. The minimum absolute atomic E-state index is 0.911. The summed E-state index contributed by atoms with van der Waals surface area (Å²) in [6.07, 6.45) is 0. The number of anilines is 3. The van der Waals surface area contributed by atoms with E-state index in [2.05, 4.69) is 132 Å². The van der Waals surface area contributed by atoms with Gasteiger partial charge in [-0.25, -0.2) is 0 Å². The van der Waals surface area contributed by atoms with Crippen molar-refractivity contribution in [1.82, 2.24) is 0 Å². The lowest BCUT2D eigenvalue weighted by Crippen LogP contribution is -2.15. The summed E-state index contributed by atoms with van der Waals surface area (Å²) in [6, 6.07) is 50.3. The molecule has 9 rings (SSSR count). The summed E-state index contributed by atoms with van der Waals surface area (Å²) in [6.45, 7) is 0. The average Bonchev–Trinajstić information content (AvgIpc) is 3.04. The molecule has 198 valence electrons. The predicted molar refractivity (Wildman–Crippen MR) is 176 cm³/mol. The van der Waals surface area contributed by atoms with Gasteiger partial charge in [-0.05, 0) is 81.9 Å². The molecule has 2 aliphatic rings. The van der Waals surface area contributed by atoms with Crippen molar-refractivity contribution >= 4 is 62.1 Å². The molecule has 0 fully saturated rings. The van der Waals surface area contributed by atoms with Gasteiger partial charge in [0.05, 0.1) is 26.9 Å². The SMILES string of the molecule is c1ccc2c(c1)Oc1ccc(-c3ccc4c(c3)N(c3cccc5ccccc35)c3cc5ccccc5cc3S4)cc1S2. The number of benzene rings is 7. The van der Waals surface area contributed by atoms with Crippen LogP contribution in [0.3, 0.4) is 0 Å². The zero-order chi connectivity index (χ0) is 27.6. The van der Waals surface area contributed by atoms with Crippen molar-refractivity contribution in [3.63, 3.8) is 0 Å². The van der Waals surface area contributed by atoms with Crippen molar-refractivity contribution < 1.29 is 4.74 Å². The van der Waals surface area contributed by atoms with Crippen molar-refractivity contribution in [2.75, 3.05) is 4.90 Å². The van der Waals surface area contributed by atoms with Gasteiger partial charge in [-0.15, -0.1) is 0 Å². The Morgan fingerprint density at radius 3 is 2.00 bits per heavy atom. The third kappa shape index (κ3) is 3.83. The molecule has 7 aromatic rings. The van der Waals surface area contributed by atoms with E-state index < -0.39 is 0 Å². The van der Waals surface area contributed by atoms with E-state index in [0.29, 0.717) is 0 Å². The molecule has 0 aromatic heterocycles. The summed E-state index contributed by atoms with van der Waals surface area (Å²) in [4.78, 5) is 7.27. The lowest BCUT2D eigenvalue weighted by Gasteiger charge is -2.34. The molecule has 0 aliphatic carbocycles. The van der Waals surface area contributed by atoms with E-state index in [4.69, 9.17) is 4.74 Å². The van der Waals surface area contributed by atoms with Gasteiger partial charge < -0.3 is 9.64 Å². The molecule has 0 atom stereocenters. The number of rotatable bonds is 2. The first-order valence-electron chi connectivity index (χ1n) is 14.0. The zero-order valence-corrected chi connectivity index (χ0v) is 24.1. The fourth-order valence-electron chi connectivity index (χ4n) is 6.04. The highest BCUT2D eigenvalue weighted by Crippen LogP contribution is 2.55. The molecule has 0 saturated heterocycles. The van der Waals surface area contributed by atoms with E-state index in [1.54, 1.807) is 11.8 Å². The van der Waals surface area contributed by atoms with Crippen LogP contribution >= 0.6 is 23.5 Å². The highest BCUT2D eigenvalue weighted by molar-refractivity contribution is 8.00. The number of fused-ring (bicyclic) bond motifs is 6. The number of hydrogen-bond acceptors (Lipinski definition) is 4. The second-order valence-corrected chi connectivity index (χ2v) is 12.8. The average molecular weight is 574 g/mol. The van der Waals surface area contributed by atoms with Gasteiger partial charge in [-0.1, -0.05) is 108 Å². The molecule has 0 amide bonds. The van der Waals surface area contributed by atoms with Gasteiger partial charge in [-0.3, -0.25) is 0 Å². The van der Waals surface area contributed by atoms with Crippen LogP contribution < -0.4 is 9.64 Å². The second-order valence-electron chi connectivity index (χ2n) is 10.6. The molecule has 0 bridgehead atoms. The van der Waals surface area contributed by atoms with Crippen molar-refractivity contribution in [2.24, 2.45) is 0 Å². The van der Waals surface area contributed by atoms with Crippen molar-refractivity contribution in [1.29, 1.82) is 0 Å². The summed E-state index contributed by atoms with van der Waals surface area (Å²) in [5, 5.41) is 4.98. The van der Waals surface area contributed by atoms with E-state index in [9.17, 15) is 0 Å². The first-order chi connectivity index (χ1) is 20.8. The third-order valence-electron chi connectivity index (χ3n) is 8.06. The van der Waals surface area contributed by atoms with Crippen LogP contribution in [0.1, 0.15) is 0 Å². The van der Waals surface area contributed by atoms with Crippen LogP contribution in [0.5, 0.6) is 11.5 Å². The van der Waals surface area contributed by atoms with E-state index >= 15 is 0 Å². The molecule has 2 aliphatic heterocycles. The zero-order valence-electron chi connectivity index (χ0n) is 22.5. The maximum Gasteiger partial charge on any atom is 0.141 e. The Morgan fingerprint density at radius 1 is 0.405 bits per heavy atom. The van der Waals surface area contributed by atoms with Gasteiger partial charge in [0.25, 0.3) is 0 Å². The van der Waals surface area contributed by atoms with Crippen LogP contribution in [0.4, 0.5) is 17.1 Å². The van der Waals surface area contributed by atoms with Gasteiger partial charge in [0.15, 0.2) is 0 Å². The Labute approximate surface area is 252 Å². The van der Waals surface area contributed by atoms with Crippen LogP contribution in [0, 0.1) is 0 Å².